The molecule has 1 aliphatic carbocycles. The lowest BCUT2D eigenvalue weighted by atomic mass is 9.84. The van der Waals surface area contributed by atoms with Crippen molar-refractivity contribution in [2.75, 3.05) is 32.1 Å². The highest BCUT2D eigenvalue weighted by Gasteiger charge is 2.33. The fourth-order valence-electron chi connectivity index (χ4n) is 6.52. The van der Waals surface area contributed by atoms with Gasteiger partial charge >= 0.3 is 0 Å². The first-order chi connectivity index (χ1) is 18.2. The monoisotopic (exact) mass is 518 g/mol. The molecule has 0 aromatic heterocycles. The van der Waals surface area contributed by atoms with Crippen molar-refractivity contribution < 1.29 is 9.59 Å². The fourth-order valence-corrected chi connectivity index (χ4v) is 6.52. The Labute approximate surface area is 229 Å². The molecule has 2 amide bonds. The molecule has 2 N–H and O–H groups in total. The maximum atomic E-state index is 13.7. The van der Waals surface area contributed by atoms with Crippen LogP contribution in [0.25, 0.3) is 11.1 Å². The van der Waals surface area contributed by atoms with Crippen molar-refractivity contribution in [2.24, 2.45) is 11.8 Å². The average Bonchev–Trinajstić information content (AvgIpc) is 2.90. The van der Waals surface area contributed by atoms with Gasteiger partial charge in [-0.25, -0.2) is 0 Å². The third-order valence-electron chi connectivity index (χ3n) is 8.84. The summed E-state index contributed by atoms with van der Waals surface area (Å²) >= 11 is 0. The summed E-state index contributed by atoms with van der Waals surface area (Å²) in [6.45, 7) is 9.69. The molecule has 206 valence electrons. The van der Waals surface area contributed by atoms with E-state index in [-0.39, 0.29) is 29.7 Å². The smallest absolute Gasteiger partial charge is 0.251 e. The molecule has 1 saturated carbocycles. The number of hydrogen-bond donors (Lipinski definition) is 2. The minimum atomic E-state index is -0.203. The van der Waals surface area contributed by atoms with Crippen LogP contribution in [0.3, 0.4) is 0 Å². The molecule has 6 nitrogen and oxygen atoms in total. The van der Waals surface area contributed by atoms with Crippen LogP contribution in [0.4, 0.5) is 5.69 Å². The molecule has 3 atom stereocenters. The first-order valence-electron chi connectivity index (χ1n) is 14.4. The fraction of sp³-hybridized carbons (Fsp3) is 0.562. The van der Waals surface area contributed by atoms with E-state index in [9.17, 15) is 9.59 Å². The Morgan fingerprint density at radius 2 is 1.66 bits per heavy atom. The van der Waals surface area contributed by atoms with E-state index in [4.69, 9.17) is 0 Å². The van der Waals surface area contributed by atoms with Crippen molar-refractivity contribution in [3.05, 3.63) is 53.6 Å². The molecule has 2 aromatic carbocycles. The maximum Gasteiger partial charge on any atom is 0.251 e. The average molecular weight is 519 g/mol. The molecule has 6 heteroatoms. The van der Waals surface area contributed by atoms with Gasteiger partial charge in [-0.1, -0.05) is 37.3 Å². The summed E-state index contributed by atoms with van der Waals surface area (Å²) in [7, 11) is 4.36. The molecule has 1 aliphatic heterocycles. The van der Waals surface area contributed by atoms with Gasteiger partial charge in [-0.05, 0) is 102 Å². The Balaban J connectivity index is 1.63. The van der Waals surface area contributed by atoms with Gasteiger partial charge in [0.05, 0.1) is 5.92 Å². The first-order valence-corrected chi connectivity index (χ1v) is 14.4. The molecule has 4 rings (SSSR count). The van der Waals surface area contributed by atoms with Gasteiger partial charge in [0.15, 0.2) is 0 Å². The number of nitrogens with zero attached hydrogens (tertiary/aromatic N) is 2. The van der Waals surface area contributed by atoms with Gasteiger partial charge in [0.25, 0.3) is 5.91 Å². The van der Waals surface area contributed by atoms with Crippen molar-refractivity contribution in [2.45, 2.75) is 77.9 Å². The van der Waals surface area contributed by atoms with Crippen LogP contribution in [0.5, 0.6) is 0 Å². The molecule has 38 heavy (non-hydrogen) atoms. The highest BCUT2D eigenvalue weighted by molar-refractivity contribution is 5.99. The van der Waals surface area contributed by atoms with Crippen LogP contribution in [0.15, 0.2) is 42.5 Å². The number of anilines is 1. The number of piperidine rings is 1. The summed E-state index contributed by atoms with van der Waals surface area (Å²) in [4.78, 5) is 31.1. The zero-order valence-corrected chi connectivity index (χ0v) is 24.1. The molecule has 3 unspecified atom stereocenters. The second-order valence-electron chi connectivity index (χ2n) is 11.7. The molecule has 2 aliphatic rings. The summed E-state index contributed by atoms with van der Waals surface area (Å²) in [6.07, 6.45) is 5.62. The van der Waals surface area contributed by atoms with Gasteiger partial charge in [-0.15, -0.1) is 0 Å². The number of benzene rings is 2. The minimum absolute atomic E-state index is 0.0393. The molecule has 1 saturated heterocycles. The van der Waals surface area contributed by atoms with E-state index >= 15 is 0 Å². The van der Waals surface area contributed by atoms with Gasteiger partial charge in [-0.3, -0.25) is 9.59 Å². The van der Waals surface area contributed by atoms with Crippen LogP contribution in [-0.4, -0.2) is 62.0 Å². The Hall–Kier alpha value is -2.86. The Morgan fingerprint density at radius 1 is 1.00 bits per heavy atom. The van der Waals surface area contributed by atoms with Crippen molar-refractivity contribution in [1.29, 1.82) is 0 Å². The van der Waals surface area contributed by atoms with E-state index in [1.165, 1.54) is 12.8 Å². The van der Waals surface area contributed by atoms with Gasteiger partial charge < -0.3 is 20.4 Å². The standard InChI is InChI=1S/C32H46N4O2/c1-7-36(27-15-13-26(14-16-27)35(5)6)30-19-25(24-11-9-8-10-12-24)18-28(23(30)4)31(37)33-20-29-21(2)17-22(3)34-32(29)38/h8-12,18-19,21-22,26-27,29H,7,13-17,20H2,1-6H3,(H,33,37)(H,34,38). The molecule has 2 aromatic rings. The zero-order valence-electron chi connectivity index (χ0n) is 24.1. The highest BCUT2D eigenvalue weighted by atomic mass is 16.2. The highest BCUT2D eigenvalue weighted by Crippen LogP contribution is 2.35. The van der Waals surface area contributed by atoms with Crippen LogP contribution >= 0.6 is 0 Å². The van der Waals surface area contributed by atoms with Gasteiger partial charge in [0.1, 0.15) is 0 Å². The predicted octanol–water partition coefficient (Wildman–Crippen LogP) is 5.25. The molecule has 1 heterocycles. The number of amides is 2. The summed E-state index contributed by atoms with van der Waals surface area (Å²) in [6, 6.07) is 15.9. The second kappa shape index (κ2) is 12.3. The van der Waals surface area contributed by atoms with Gasteiger partial charge in [0, 0.05) is 42.5 Å². The van der Waals surface area contributed by atoms with Crippen LogP contribution in [0.2, 0.25) is 0 Å². The minimum Gasteiger partial charge on any atom is -0.369 e. The van der Waals surface area contributed by atoms with Crippen molar-refractivity contribution in [3.63, 3.8) is 0 Å². The SMILES string of the molecule is CCN(c1cc(-c2ccccc2)cc(C(=O)NCC2C(=O)NC(C)CC2C)c1C)C1CCC(N(C)C)CC1. The first kappa shape index (κ1) is 28.2. The summed E-state index contributed by atoms with van der Waals surface area (Å²) in [5.74, 6) is -0.0319. The maximum absolute atomic E-state index is 13.7. The van der Waals surface area contributed by atoms with E-state index in [1.54, 1.807) is 0 Å². The molecule has 0 radical (unpaired) electrons. The van der Waals surface area contributed by atoms with Crippen LogP contribution < -0.4 is 15.5 Å². The number of rotatable bonds is 8. The van der Waals surface area contributed by atoms with Crippen LogP contribution in [0.1, 0.15) is 68.8 Å². The lowest BCUT2D eigenvalue weighted by Gasteiger charge is -2.40. The third-order valence-corrected chi connectivity index (χ3v) is 8.84. The summed E-state index contributed by atoms with van der Waals surface area (Å²) < 4.78 is 0. The van der Waals surface area contributed by atoms with Crippen molar-refractivity contribution >= 4 is 17.5 Å². The lowest BCUT2D eigenvalue weighted by Crippen LogP contribution is -2.50. The van der Waals surface area contributed by atoms with E-state index in [0.717, 1.165) is 48.2 Å². The topological polar surface area (TPSA) is 64.7 Å². The summed E-state index contributed by atoms with van der Waals surface area (Å²) in [5.41, 5.74) is 5.00. The van der Waals surface area contributed by atoms with Crippen LogP contribution in [-0.2, 0) is 4.79 Å². The lowest BCUT2D eigenvalue weighted by molar-refractivity contribution is -0.129. The number of nitrogens with one attached hydrogen (secondary N) is 2. The van der Waals surface area contributed by atoms with E-state index in [2.05, 4.69) is 73.5 Å². The third kappa shape index (κ3) is 6.23. The van der Waals surface area contributed by atoms with Gasteiger partial charge in [0.2, 0.25) is 5.91 Å². The Morgan fingerprint density at radius 3 is 2.26 bits per heavy atom. The largest absolute Gasteiger partial charge is 0.369 e. The van der Waals surface area contributed by atoms with E-state index in [1.807, 2.05) is 31.2 Å². The zero-order chi connectivity index (χ0) is 27.4. The van der Waals surface area contributed by atoms with E-state index in [0.29, 0.717) is 24.2 Å². The van der Waals surface area contributed by atoms with Crippen LogP contribution in [0, 0.1) is 18.8 Å². The Bertz CT molecular complexity index is 1110. The predicted molar refractivity (Wildman–Crippen MR) is 157 cm³/mol. The number of hydrogen-bond acceptors (Lipinski definition) is 4. The van der Waals surface area contributed by atoms with Gasteiger partial charge in [-0.2, -0.15) is 0 Å². The molecule has 2 fully saturated rings. The molecular formula is C32H46N4O2. The molecule has 0 bridgehead atoms. The normalized spacial score (nSPS) is 25.7. The van der Waals surface area contributed by atoms with E-state index < -0.39 is 0 Å². The van der Waals surface area contributed by atoms with Crippen molar-refractivity contribution in [3.8, 4) is 11.1 Å². The summed E-state index contributed by atoms with van der Waals surface area (Å²) in [5, 5.41) is 6.17. The number of carbonyl (C=O) groups excluding carboxylic acids is 2. The second-order valence-corrected chi connectivity index (χ2v) is 11.7. The molecule has 0 spiro atoms. The number of carbonyl (C=O) groups is 2. The Kier molecular flexibility index (Phi) is 9.14. The molecular weight excluding hydrogens is 472 g/mol. The quantitative estimate of drug-likeness (QED) is 0.501. The van der Waals surface area contributed by atoms with Crippen molar-refractivity contribution in [1.82, 2.24) is 15.5 Å².